The molecule has 2 rings (SSSR count). The van der Waals surface area contributed by atoms with Crippen LogP contribution < -0.4 is 9.47 Å². The molecular weight excluding hydrogens is 326 g/mol. The topological polar surface area (TPSA) is 48.4 Å². The average Bonchev–Trinajstić information content (AvgIpc) is 2.68. The first-order valence-corrected chi connectivity index (χ1v) is 9.64. The molecule has 0 aliphatic carbocycles. The Morgan fingerprint density at radius 2 is 1.38 bits per heavy atom. The molecule has 1 aromatic carbocycles. The summed E-state index contributed by atoms with van der Waals surface area (Å²) in [5.41, 5.74) is 0.482. The van der Waals surface area contributed by atoms with E-state index < -0.39 is 0 Å². The lowest BCUT2D eigenvalue weighted by Gasteiger charge is -2.08. The van der Waals surface area contributed by atoms with E-state index in [2.05, 4.69) is 11.9 Å². The number of ether oxygens (including phenoxy) is 2. The zero-order chi connectivity index (χ0) is 18.5. The summed E-state index contributed by atoms with van der Waals surface area (Å²) in [6.07, 6.45) is 13.4. The number of carbonyl (C=O) groups excluding carboxylic acids is 1. The van der Waals surface area contributed by atoms with E-state index in [1.54, 1.807) is 36.7 Å². The SMILES string of the molecule is CCCCCCCCCCOc1ccc(OC(=O)c2ccncc2)cc1. The lowest BCUT2D eigenvalue weighted by molar-refractivity contribution is 0.0734. The summed E-state index contributed by atoms with van der Waals surface area (Å²) in [5.74, 6) is 0.919. The second-order valence-electron chi connectivity index (χ2n) is 6.42. The van der Waals surface area contributed by atoms with E-state index in [9.17, 15) is 4.79 Å². The summed E-state index contributed by atoms with van der Waals surface area (Å²) >= 11 is 0. The molecule has 0 aliphatic rings. The molecule has 26 heavy (non-hydrogen) atoms. The molecule has 0 saturated carbocycles. The van der Waals surface area contributed by atoms with E-state index >= 15 is 0 Å². The minimum atomic E-state index is -0.389. The number of unbranched alkanes of at least 4 members (excludes halogenated alkanes) is 7. The van der Waals surface area contributed by atoms with Gasteiger partial charge < -0.3 is 9.47 Å². The molecule has 1 heterocycles. The smallest absolute Gasteiger partial charge is 0.343 e. The van der Waals surface area contributed by atoms with Crippen molar-refractivity contribution in [1.29, 1.82) is 0 Å². The number of rotatable bonds is 12. The summed E-state index contributed by atoms with van der Waals surface area (Å²) in [5, 5.41) is 0. The highest BCUT2D eigenvalue weighted by Gasteiger charge is 2.07. The maximum absolute atomic E-state index is 12.0. The van der Waals surface area contributed by atoms with Gasteiger partial charge in [-0.05, 0) is 42.8 Å². The first-order chi connectivity index (χ1) is 12.8. The fourth-order valence-electron chi connectivity index (χ4n) is 2.68. The largest absolute Gasteiger partial charge is 0.494 e. The number of aromatic nitrogens is 1. The van der Waals surface area contributed by atoms with Gasteiger partial charge in [0.25, 0.3) is 0 Å². The predicted molar refractivity (Wildman–Crippen MR) is 104 cm³/mol. The summed E-state index contributed by atoms with van der Waals surface area (Å²) in [6, 6.07) is 10.4. The molecule has 0 aliphatic heterocycles. The van der Waals surface area contributed by atoms with Gasteiger partial charge >= 0.3 is 5.97 Å². The number of nitrogens with zero attached hydrogens (tertiary/aromatic N) is 1. The van der Waals surface area contributed by atoms with E-state index in [0.29, 0.717) is 11.3 Å². The molecule has 0 amide bonds. The first-order valence-electron chi connectivity index (χ1n) is 9.64. The van der Waals surface area contributed by atoms with Crippen molar-refractivity contribution < 1.29 is 14.3 Å². The number of hydrogen-bond donors (Lipinski definition) is 0. The van der Waals surface area contributed by atoms with Crippen molar-refractivity contribution in [3.8, 4) is 11.5 Å². The fraction of sp³-hybridized carbons (Fsp3) is 0.455. The van der Waals surface area contributed by atoms with Gasteiger partial charge in [0.2, 0.25) is 0 Å². The van der Waals surface area contributed by atoms with Crippen LogP contribution in [-0.4, -0.2) is 17.6 Å². The molecule has 0 saturated heterocycles. The molecule has 0 bridgehead atoms. The van der Waals surface area contributed by atoms with Crippen LogP contribution >= 0.6 is 0 Å². The normalized spacial score (nSPS) is 10.5. The number of pyridine rings is 1. The van der Waals surface area contributed by atoms with Crippen molar-refractivity contribution in [2.45, 2.75) is 58.3 Å². The molecule has 2 aromatic rings. The molecule has 0 radical (unpaired) electrons. The highest BCUT2D eigenvalue weighted by molar-refractivity contribution is 5.90. The zero-order valence-electron chi connectivity index (χ0n) is 15.7. The predicted octanol–water partition coefficient (Wildman–Crippen LogP) is 5.82. The summed E-state index contributed by atoms with van der Waals surface area (Å²) in [6.45, 7) is 2.97. The molecule has 0 unspecified atom stereocenters. The van der Waals surface area contributed by atoms with E-state index in [1.807, 2.05) is 12.1 Å². The van der Waals surface area contributed by atoms with Crippen LogP contribution in [0.15, 0.2) is 48.8 Å². The van der Waals surface area contributed by atoms with Crippen LogP contribution in [-0.2, 0) is 0 Å². The monoisotopic (exact) mass is 355 g/mol. The van der Waals surface area contributed by atoms with E-state index in [0.717, 1.165) is 18.8 Å². The Balaban J connectivity index is 1.61. The minimum Gasteiger partial charge on any atom is -0.494 e. The summed E-state index contributed by atoms with van der Waals surface area (Å²) in [4.78, 5) is 15.9. The molecule has 0 spiro atoms. The molecule has 1 aromatic heterocycles. The number of carbonyl (C=O) groups is 1. The molecule has 0 fully saturated rings. The standard InChI is InChI=1S/C22H29NO3/c1-2-3-4-5-6-7-8-9-18-25-20-10-12-21(13-11-20)26-22(24)19-14-16-23-17-15-19/h10-17H,2-9,18H2,1H3. The average molecular weight is 355 g/mol. The lowest BCUT2D eigenvalue weighted by Crippen LogP contribution is -2.08. The molecule has 4 heteroatoms. The van der Waals surface area contributed by atoms with Gasteiger partial charge in [0, 0.05) is 12.4 Å². The molecule has 4 nitrogen and oxygen atoms in total. The zero-order valence-corrected chi connectivity index (χ0v) is 15.7. The Labute approximate surface area is 156 Å². The summed E-state index contributed by atoms with van der Waals surface area (Å²) < 4.78 is 11.1. The van der Waals surface area contributed by atoms with Crippen molar-refractivity contribution in [2.75, 3.05) is 6.61 Å². The van der Waals surface area contributed by atoms with Crippen molar-refractivity contribution in [2.24, 2.45) is 0 Å². The molecular formula is C22H29NO3. The van der Waals surface area contributed by atoms with Crippen LogP contribution in [0.1, 0.15) is 68.6 Å². The Morgan fingerprint density at radius 1 is 0.808 bits per heavy atom. The van der Waals surface area contributed by atoms with Gasteiger partial charge in [0.05, 0.1) is 12.2 Å². The number of esters is 1. The van der Waals surface area contributed by atoms with E-state index in [4.69, 9.17) is 9.47 Å². The third-order valence-corrected chi connectivity index (χ3v) is 4.22. The Hall–Kier alpha value is -2.36. The second-order valence-corrected chi connectivity index (χ2v) is 6.42. The maximum atomic E-state index is 12.0. The van der Waals surface area contributed by atoms with Crippen LogP contribution in [0.4, 0.5) is 0 Å². The van der Waals surface area contributed by atoms with Crippen molar-refractivity contribution in [3.05, 3.63) is 54.4 Å². The summed E-state index contributed by atoms with van der Waals surface area (Å²) in [7, 11) is 0. The fourth-order valence-corrected chi connectivity index (χ4v) is 2.68. The Kier molecular flexibility index (Phi) is 9.26. The van der Waals surface area contributed by atoms with Gasteiger partial charge in [-0.3, -0.25) is 4.98 Å². The van der Waals surface area contributed by atoms with Crippen molar-refractivity contribution >= 4 is 5.97 Å². The lowest BCUT2D eigenvalue weighted by atomic mass is 10.1. The van der Waals surface area contributed by atoms with Gasteiger partial charge in [-0.2, -0.15) is 0 Å². The molecule has 0 atom stereocenters. The van der Waals surface area contributed by atoms with Crippen LogP contribution in [0.5, 0.6) is 11.5 Å². The van der Waals surface area contributed by atoms with Crippen molar-refractivity contribution in [3.63, 3.8) is 0 Å². The van der Waals surface area contributed by atoms with Crippen LogP contribution in [0, 0.1) is 0 Å². The Morgan fingerprint density at radius 3 is 2.04 bits per heavy atom. The molecule has 140 valence electrons. The van der Waals surface area contributed by atoms with Crippen LogP contribution in [0.2, 0.25) is 0 Å². The van der Waals surface area contributed by atoms with Crippen molar-refractivity contribution in [1.82, 2.24) is 4.98 Å². The van der Waals surface area contributed by atoms with Gasteiger partial charge in [0.15, 0.2) is 0 Å². The maximum Gasteiger partial charge on any atom is 0.343 e. The quantitative estimate of drug-likeness (QED) is 0.273. The highest BCUT2D eigenvalue weighted by atomic mass is 16.5. The highest BCUT2D eigenvalue weighted by Crippen LogP contribution is 2.19. The van der Waals surface area contributed by atoms with Crippen LogP contribution in [0.3, 0.4) is 0 Å². The minimum absolute atomic E-state index is 0.389. The van der Waals surface area contributed by atoms with Gasteiger partial charge in [-0.1, -0.05) is 51.9 Å². The van der Waals surface area contributed by atoms with Gasteiger partial charge in [-0.15, -0.1) is 0 Å². The number of benzene rings is 1. The van der Waals surface area contributed by atoms with Gasteiger partial charge in [-0.25, -0.2) is 4.79 Å². The van der Waals surface area contributed by atoms with E-state index in [1.165, 1.54) is 44.9 Å². The van der Waals surface area contributed by atoms with Gasteiger partial charge in [0.1, 0.15) is 11.5 Å². The molecule has 0 N–H and O–H groups in total. The third kappa shape index (κ3) is 7.68. The Bertz CT molecular complexity index is 626. The van der Waals surface area contributed by atoms with E-state index in [-0.39, 0.29) is 5.97 Å². The first kappa shape index (κ1) is 20.0. The third-order valence-electron chi connectivity index (χ3n) is 4.22. The second kappa shape index (κ2) is 12.1. The van der Waals surface area contributed by atoms with Crippen LogP contribution in [0.25, 0.3) is 0 Å². The number of hydrogen-bond acceptors (Lipinski definition) is 4.